The average molecular weight is 440 g/mol. The molecule has 0 spiro atoms. The fourth-order valence-corrected chi connectivity index (χ4v) is 5.11. The van der Waals surface area contributed by atoms with E-state index < -0.39 is 11.6 Å². The molecule has 2 aliphatic rings. The molecule has 32 heavy (non-hydrogen) atoms. The molecule has 0 N–H and O–H groups in total. The van der Waals surface area contributed by atoms with Gasteiger partial charge in [0.2, 0.25) is 0 Å². The van der Waals surface area contributed by atoms with Gasteiger partial charge in [-0.2, -0.15) is 10.1 Å². The molecule has 3 atom stereocenters. The first-order valence-electron chi connectivity index (χ1n) is 11.1. The van der Waals surface area contributed by atoms with Gasteiger partial charge in [0.05, 0.1) is 0 Å². The Morgan fingerprint density at radius 3 is 2.41 bits per heavy atom. The third-order valence-corrected chi connectivity index (χ3v) is 6.59. The van der Waals surface area contributed by atoms with Crippen molar-refractivity contribution in [3.63, 3.8) is 0 Å². The monoisotopic (exact) mass is 440 g/mol. The van der Waals surface area contributed by atoms with E-state index >= 15 is 0 Å². The largest absolute Gasteiger partial charge is 0.424 e. The molecule has 1 saturated carbocycles. The third kappa shape index (κ3) is 4.16. The Balaban J connectivity index is 1.30. The first kappa shape index (κ1) is 20.8. The summed E-state index contributed by atoms with van der Waals surface area (Å²) in [7, 11) is 0. The lowest BCUT2D eigenvalue weighted by Gasteiger charge is -2.38. The van der Waals surface area contributed by atoms with E-state index in [-0.39, 0.29) is 11.8 Å². The molecule has 2 aromatic heterocycles. The van der Waals surface area contributed by atoms with Gasteiger partial charge in [-0.25, -0.2) is 23.4 Å². The Hall–Kier alpha value is -3.10. The van der Waals surface area contributed by atoms with E-state index in [4.69, 9.17) is 4.74 Å². The summed E-state index contributed by atoms with van der Waals surface area (Å²) in [5.74, 6) is 2.02. The van der Waals surface area contributed by atoms with E-state index in [1.807, 2.05) is 19.9 Å². The summed E-state index contributed by atoms with van der Waals surface area (Å²) in [5, 5.41) is 4.61. The molecule has 1 aliphatic heterocycles. The third-order valence-electron chi connectivity index (χ3n) is 6.59. The minimum atomic E-state index is -0.690. The van der Waals surface area contributed by atoms with Crippen LogP contribution in [0.25, 0.3) is 0 Å². The van der Waals surface area contributed by atoms with Crippen LogP contribution in [0.15, 0.2) is 30.6 Å². The minimum absolute atomic E-state index is 0.0738. The number of nitrogens with zero attached hydrogens (tertiary/aromatic N) is 6. The highest BCUT2D eigenvalue weighted by Crippen LogP contribution is 2.44. The summed E-state index contributed by atoms with van der Waals surface area (Å²) in [6.07, 6.45) is 4.78. The Labute approximate surface area is 185 Å². The summed E-state index contributed by atoms with van der Waals surface area (Å²) in [5.41, 5.74) is 0.976. The number of benzene rings is 1. The number of aryl methyl sites for hydroxylation is 2. The number of hydrogen-bond donors (Lipinski definition) is 0. The van der Waals surface area contributed by atoms with Gasteiger partial charge in [0.15, 0.2) is 5.82 Å². The van der Waals surface area contributed by atoms with Gasteiger partial charge < -0.3 is 9.64 Å². The SMILES string of the molecule is CCn1nc(CC2[C@@H]3CC[C@H]2CN(c2cc(C)ncn2)C3)nc1Oc1cc(F)cc(F)c1. The van der Waals surface area contributed by atoms with Crippen molar-refractivity contribution in [2.24, 2.45) is 17.8 Å². The first-order chi connectivity index (χ1) is 15.5. The Morgan fingerprint density at radius 2 is 1.75 bits per heavy atom. The average Bonchev–Trinajstić information content (AvgIpc) is 3.22. The van der Waals surface area contributed by atoms with Gasteiger partial charge in [0, 0.05) is 56.0 Å². The number of ether oxygens (including phenoxy) is 1. The number of piperidine rings is 1. The van der Waals surface area contributed by atoms with E-state index in [1.165, 1.54) is 12.8 Å². The van der Waals surface area contributed by atoms with E-state index in [1.54, 1.807) is 11.0 Å². The molecule has 1 saturated heterocycles. The summed E-state index contributed by atoms with van der Waals surface area (Å²) < 4.78 is 34.4. The molecule has 1 unspecified atom stereocenters. The maximum absolute atomic E-state index is 13.5. The Bertz CT molecular complexity index is 1090. The van der Waals surface area contributed by atoms with Crippen molar-refractivity contribution in [3.05, 3.63) is 53.7 Å². The van der Waals surface area contributed by atoms with Gasteiger partial charge in [0.25, 0.3) is 0 Å². The lowest BCUT2D eigenvalue weighted by Crippen LogP contribution is -2.43. The predicted octanol–water partition coefficient (Wildman–Crippen LogP) is 4.17. The lowest BCUT2D eigenvalue weighted by molar-refractivity contribution is 0.264. The van der Waals surface area contributed by atoms with Gasteiger partial charge in [-0.1, -0.05) is 0 Å². The quantitative estimate of drug-likeness (QED) is 0.573. The second-order valence-electron chi connectivity index (χ2n) is 8.72. The second kappa shape index (κ2) is 8.44. The zero-order chi connectivity index (χ0) is 22.2. The fourth-order valence-electron chi connectivity index (χ4n) is 5.11. The molecule has 2 bridgehead atoms. The number of halogens is 2. The van der Waals surface area contributed by atoms with E-state index in [2.05, 4.69) is 25.0 Å². The molecular weight excluding hydrogens is 414 g/mol. The van der Waals surface area contributed by atoms with Crippen molar-refractivity contribution in [1.82, 2.24) is 24.7 Å². The van der Waals surface area contributed by atoms with Gasteiger partial charge in [-0.3, -0.25) is 0 Å². The molecule has 2 fully saturated rings. The van der Waals surface area contributed by atoms with Crippen molar-refractivity contribution in [2.75, 3.05) is 18.0 Å². The molecule has 0 radical (unpaired) electrons. The molecule has 1 aliphatic carbocycles. The van der Waals surface area contributed by atoms with Gasteiger partial charge in [0.1, 0.15) is 29.5 Å². The van der Waals surface area contributed by atoms with Crippen LogP contribution in [0.2, 0.25) is 0 Å². The van der Waals surface area contributed by atoms with Crippen LogP contribution in [0.3, 0.4) is 0 Å². The summed E-state index contributed by atoms with van der Waals surface area (Å²) in [6.45, 7) is 6.41. The van der Waals surface area contributed by atoms with Gasteiger partial charge >= 0.3 is 6.01 Å². The number of hydrogen-bond acceptors (Lipinski definition) is 6. The predicted molar refractivity (Wildman–Crippen MR) is 115 cm³/mol. The maximum atomic E-state index is 13.5. The van der Waals surface area contributed by atoms with Crippen molar-refractivity contribution < 1.29 is 13.5 Å². The first-order valence-corrected chi connectivity index (χ1v) is 11.1. The highest BCUT2D eigenvalue weighted by molar-refractivity contribution is 5.40. The van der Waals surface area contributed by atoms with Crippen molar-refractivity contribution >= 4 is 5.82 Å². The van der Waals surface area contributed by atoms with Crippen molar-refractivity contribution in [2.45, 2.75) is 39.7 Å². The van der Waals surface area contributed by atoms with Crippen LogP contribution in [0, 0.1) is 36.3 Å². The summed E-state index contributed by atoms with van der Waals surface area (Å²) in [4.78, 5) is 15.6. The standard InChI is InChI=1S/C23H26F2N6O/c1-3-31-23(32-19-8-17(24)7-18(25)9-19)28-21(29-31)10-20-15-4-5-16(20)12-30(11-15)22-6-14(2)26-13-27-22/h6-9,13,15-16,20H,3-5,10-12H2,1-2H3/t15-,16+,20?. The second-order valence-corrected chi connectivity index (χ2v) is 8.72. The molecule has 3 heterocycles. The Morgan fingerprint density at radius 1 is 1.03 bits per heavy atom. The maximum Gasteiger partial charge on any atom is 0.320 e. The highest BCUT2D eigenvalue weighted by atomic mass is 19.1. The zero-order valence-electron chi connectivity index (χ0n) is 18.2. The molecule has 5 rings (SSSR count). The Kier molecular flexibility index (Phi) is 5.48. The van der Waals surface area contributed by atoms with Gasteiger partial charge in [-0.15, -0.1) is 0 Å². The summed E-state index contributed by atoms with van der Waals surface area (Å²) >= 11 is 0. The van der Waals surface area contributed by atoms with Crippen LogP contribution in [-0.4, -0.2) is 37.8 Å². The normalized spacial score (nSPS) is 22.4. The van der Waals surface area contributed by atoms with Gasteiger partial charge in [-0.05, 0) is 44.4 Å². The van der Waals surface area contributed by atoms with Crippen LogP contribution in [0.1, 0.15) is 31.3 Å². The fraction of sp³-hybridized carbons (Fsp3) is 0.478. The molecule has 7 nitrogen and oxygen atoms in total. The van der Waals surface area contributed by atoms with Crippen LogP contribution < -0.4 is 9.64 Å². The van der Waals surface area contributed by atoms with Crippen LogP contribution in [0.4, 0.5) is 14.6 Å². The van der Waals surface area contributed by atoms with Crippen molar-refractivity contribution in [1.29, 1.82) is 0 Å². The molecular formula is C23H26F2N6O. The lowest BCUT2D eigenvalue weighted by atomic mass is 9.82. The van der Waals surface area contributed by atoms with Crippen LogP contribution >= 0.6 is 0 Å². The van der Waals surface area contributed by atoms with Crippen LogP contribution in [-0.2, 0) is 13.0 Å². The van der Waals surface area contributed by atoms with E-state index in [0.29, 0.717) is 30.1 Å². The smallest absolute Gasteiger partial charge is 0.320 e. The molecule has 1 aromatic carbocycles. The van der Waals surface area contributed by atoms with E-state index in [0.717, 1.165) is 49.2 Å². The topological polar surface area (TPSA) is 69.0 Å². The molecule has 0 amide bonds. The molecule has 9 heteroatoms. The zero-order valence-corrected chi connectivity index (χ0v) is 18.2. The highest BCUT2D eigenvalue weighted by Gasteiger charge is 2.42. The summed E-state index contributed by atoms with van der Waals surface area (Å²) in [6, 6.07) is 5.40. The number of rotatable bonds is 6. The number of aromatic nitrogens is 5. The minimum Gasteiger partial charge on any atom is -0.424 e. The number of anilines is 1. The molecule has 3 aromatic rings. The molecule has 168 valence electrons. The van der Waals surface area contributed by atoms with Crippen molar-refractivity contribution in [3.8, 4) is 11.8 Å². The van der Waals surface area contributed by atoms with Crippen LogP contribution in [0.5, 0.6) is 11.8 Å². The number of fused-ring (bicyclic) bond motifs is 2. The van der Waals surface area contributed by atoms with E-state index in [9.17, 15) is 8.78 Å².